The molecule has 1 unspecified atom stereocenters. The lowest BCUT2D eigenvalue weighted by Gasteiger charge is -2.22. The number of imide groups is 1. The molecule has 0 aromatic rings. The Balaban J connectivity index is 2.75. The number of nitrogens with zero attached hydrogens (tertiary/aromatic N) is 1. The van der Waals surface area contributed by atoms with Gasteiger partial charge < -0.3 is 10.0 Å². The molecule has 0 aromatic heterocycles. The summed E-state index contributed by atoms with van der Waals surface area (Å²) in [5, 5.41) is 10.7. The average molecular weight is 214 g/mol. The Morgan fingerprint density at radius 1 is 1.53 bits per heavy atom. The molecule has 3 amide bonds. The molecule has 0 bridgehead atoms. The van der Waals surface area contributed by atoms with Crippen molar-refractivity contribution in [1.82, 2.24) is 10.2 Å². The van der Waals surface area contributed by atoms with Crippen LogP contribution in [0.2, 0.25) is 0 Å². The first kappa shape index (κ1) is 11.5. The van der Waals surface area contributed by atoms with E-state index in [1.165, 1.54) is 4.90 Å². The Morgan fingerprint density at radius 2 is 2.13 bits per heavy atom. The number of aliphatic carboxylic acids is 1. The summed E-state index contributed by atoms with van der Waals surface area (Å²) in [5.41, 5.74) is 0. The summed E-state index contributed by atoms with van der Waals surface area (Å²) in [6.07, 6.45) is -0.343. The van der Waals surface area contributed by atoms with Crippen molar-refractivity contribution >= 4 is 17.9 Å². The lowest BCUT2D eigenvalue weighted by molar-refractivity contribution is -0.140. The van der Waals surface area contributed by atoms with Gasteiger partial charge in [-0.15, -0.1) is 0 Å². The zero-order chi connectivity index (χ0) is 11.6. The van der Waals surface area contributed by atoms with E-state index in [0.717, 1.165) is 0 Å². The van der Waals surface area contributed by atoms with Gasteiger partial charge in [0, 0.05) is 6.54 Å². The van der Waals surface area contributed by atoms with Gasteiger partial charge in [0.25, 0.3) is 5.91 Å². The number of carbonyl (C=O) groups is 3. The molecule has 0 aliphatic carbocycles. The predicted molar refractivity (Wildman–Crippen MR) is 51.1 cm³/mol. The summed E-state index contributed by atoms with van der Waals surface area (Å²) in [6, 6.07) is -1.36. The second kappa shape index (κ2) is 4.29. The SMILES string of the molecule is CC(C)CN1C(=O)NC(=O)C1CC(=O)O. The molecule has 84 valence electrons. The fourth-order valence-corrected chi connectivity index (χ4v) is 1.52. The summed E-state index contributed by atoms with van der Waals surface area (Å²) in [6.45, 7) is 4.18. The van der Waals surface area contributed by atoms with Gasteiger partial charge in [0.1, 0.15) is 6.04 Å². The third-order valence-corrected chi connectivity index (χ3v) is 2.10. The quantitative estimate of drug-likeness (QED) is 0.647. The van der Waals surface area contributed by atoms with Crippen LogP contribution in [0.4, 0.5) is 4.79 Å². The van der Waals surface area contributed by atoms with Gasteiger partial charge in [-0.2, -0.15) is 0 Å². The predicted octanol–water partition coefficient (Wildman–Crippen LogP) is 0.0375. The van der Waals surface area contributed by atoms with Crippen LogP contribution < -0.4 is 5.32 Å². The number of carbonyl (C=O) groups excluding carboxylic acids is 2. The van der Waals surface area contributed by atoms with E-state index in [-0.39, 0.29) is 12.3 Å². The smallest absolute Gasteiger partial charge is 0.324 e. The maximum Gasteiger partial charge on any atom is 0.324 e. The van der Waals surface area contributed by atoms with E-state index in [0.29, 0.717) is 6.54 Å². The van der Waals surface area contributed by atoms with Gasteiger partial charge in [-0.05, 0) is 5.92 Å². The van der Waals surface area contributed by atoms with Gasteiger partial charge in [-0.3, -0.25) is 14.9 Å². The van der Waals surface area contributed by atoms with E-state index in [1.54, 1.807) is 0 Å². The minimum absolute atomic E-state index is 0.193. The minimum atomic E-state index is -1.08. The maximum atomic E-state index is 11.3. The highest BCUT2D eigenvalue weighted by Gasteiger charge is 2.39. The van der Waals surface area contributed by atoms with Gasteiger partial charge in [0.2, 0.25) is 0 Å². The van der Waals surface area contributed by atoms with Crippen LogP contribution in [0.25, 0.3) is 0 Å². The number of hydrogen-bond donors (Lipinski definition) is 2. The average Bonchev–Trinajstić information content (AvgIpc) is 2.30. The number of hydrogen-bond acceptors (Lipinski definition) is 3. The molecule has 1 rings (SSSR count). The Labute approximate surface area is 87.2 Å². The molecule has 6 nitrogen and oxygen atoms in total. The highest BCUT2D eigenvalue weighted by atomic mass is 16.4. The van der Waals surface area contributed by atoms with Crippen LogP contribution >= 0.6 is 0 Å². The Morgan fingerprint density at radius 3 is 2.60 bits per heavy atom. The van der Waals surface area contributed by atoms with Crippen LogP contribution in [0.5, 0.6) is 0 Å². The van der Waals surface area contributed by atoms with Gasteiger partial charge in [-0.1, -0.05) is 13.8 Å². The molecule has 0 radical (unpaired) electrons. The van der Waals surface area contributed by atoms with Crippen LogP contribution in [-0.4, -0.2) is 40.5 Å². The number of amides is 3. The molecule has 1 heterocycles. The van der Waals surface area contributed by atoms with Crippen LogP contribution in [0.15, 0.2) is 0 Å². The second-order valence-corrected chi connectivity index (χ2v) is 3.95. The summed E-state index contributed by atoms with van der Waals surface area (Å²) >= 11 is 0. The lowest BCUT2D eigenvalue weighted by Crippen LogP contribution is -2.39. The molecule has 0 aromatic carbocycles. The second-order valence-electron chi connectivity index (χ2n) is 3.95. The Kier molecular flexibility index (Phi) is 3.28. The topological polar surface area (TPSA) is 86.7 Å². The molecule has 15 heavy (non-hydrogen) atoms. The van der Waals surface area contributed by atoms with Crippen molar-refractivity contribution in [2.75, 3.05) is 6.54 Å². The van der Waals surface area contributed by atoms with Crippen molar-refractivity contribution in [2.45, 2.75) is 26.3 Å². The summed E-state index contributed by atoms with van der Waals surface area (Å²) in [5.74, 6) is -1.42. The highest BCUT2D eigenvalue weighted by Crippen LogP contribution is 2.14. The van der Waals surface area contributed by atoms with Crippen molar-refractivity contribution in [1.29, 1.82) is 0 Å². The van der Waals surface area contributed by atoms with E-state index in [4.69, 9.17) is 5.11 Å². The van der Waals surface area contributed by atoms with Crippen molar-refractivity contribution in [3.05, 3.63) is 0 Å². The zero-order valence-corrected chi connectivity index (χ0v) is 8.69. The Hall–Kier alpha value is -1.59. The molecule has 0 spiro atoms. The van der Waals surface area contributed by atoms with Crippen LogP contribution in [0, 0.1) is 5.92 Å². The maximum absolute atomic E-state index is 11.3. The molecule has 0 saturated carbocycles. The lowest BCUT2D eigenvalue weighted by atomic mass is 10.1. The molecule has 1 aliphatic heterocycles. The van der Waals surface area contributed by atoms with E-state index in [2.05, 4.69) is 5.32 Å². The number of rotatable bonds is 4. The number of urea groups is 1. The third-order valence-electron chi connectivity index (χ3n) is 2.10. The first-order valence-electron chi connectivity index (χ1n) is 4.75. The van der Waals surface area contributed by atoms with Crippen LogP contribution in [0.1, 0.15) is 20.3 Å². The molecule has 2 N–H and O–H groups in total. The third kappa shape index (κ3) is 2.68. The van der Waals surface area contributed by atoms with Crippen molar-refractivity contribution in [3.8, 4) is 0 Å². The van der Waals surface area contributed by atoms with Crippen molar-refractivity contribution in [3.63, 3.8) is 0 Å². The van der Waals surface area contributed by atoms with Crippen molar-refractivity contribution in [2.24, 2.45) is 5.92 Å². The highest BCUT2D eigenvalue weighted by molar-refractivity contribution is 6.05. The monoisotopic (exact) mass is 214 g/mol. The minimum Gasteiger partial charge on any atom is -0.481 e. The summed E-state index contributed by atoms with van der Waals surface area (Å²) in [4.78, 5) is 34.4. The molecule has 1 aliphatic rings. The van der Waals surface area contributed by atoms with E-state index in [9.17, 15) is 14.4 Å². The largest absolute Gasteiger partial charge is 0.481 e. The van der Waals surface area contributed by atoms with Crippen molar-refractivity contribution < 1.29 is 19.5 Å². The standard InChI is InChI=1S/C9H14N2O4/c1-5(2)4-11-6(3-7(12)13)8(14)10-9(11)15/h5-6H,3-4H2,1-2H3,(H,12,13)(H,10,14,15). The van der Waals surface area contributed by atoms with Gasteiger partial charge in [0.05, 0.1) is 6.42 Å². The van der Waals surface area contributed by atoms with Crippen LogP contribution in [0.3, 0.4) is 0 Å². The van der Waals surface area contributed by atoms with E-state index in [1.807, 2.05) is 13.8 Å². The number of carboxylic acid groups (broad SMARTS) is 1. The molecule has 6 heteroatoms. The first-order chi connectivity index (χ1) is 6.91. The van der Waals surface area contributed by atoms with E-state index >= 15 is 0 Å². The summed E-state index contributed by atoms with van der Waals surface area (Å²) in [7, 11) is 0. The molecular weight excluding hydrogens is 200 g/mol. The molecule has 1 atom stereocenters. The fraction of sp³-hybridized carbons (Fsp3) is 0.667. The van der Waals surface area contributed by atoms with Crippen LogP contribution in [-0.2, 0) is 9.59 Å². The molecule has 1 saturated heterocycles. The number of nitrogens with one attached hydrogen (secondary N) is 1. The van der Waals surface area contributed by atoms with Gasteiger partial charge >= 0.3 is 12.0 Å². The van der Waals surface area contributed by atoms with E-state index < -0.39 is 23.9 Å². The molecule has 1 fully saturated rings. The number of carboxylic acids is 1. The molecular formula is C9H14N2O4. The fourth-order valence-electron chi connectivity index (χ4n) is 1.52. The Bertz CT molecular complexity index is 300. The first-order valence-corrected chi connectivity index (χ1v) is 4.75. The van der Waals surface area contributed by atoms with Gasteiger partial charge in [0.15, 0.2) is 0 Å². The van der Waals surface area contributed by atoms with Gasteiger partial charge in [-0.25, -0.2) is 4.79 Å². The summed E-state index contributed by atoms with van der Waals surface area (Å²) < 4.78 is 0. The zero-order valence-electron chi connectivity index (χ0n) is 8.69. The normalized spacial score (nSPS) is 21.0.